The van der Waals surface area contributed by atoms with E-state index in [2.05, 4.69) is 5.32 Å². The monoisotopic (exact) mass is 538 g/mol. The molecule has 0 spiro atoms. The van der Waals surface area contributed by atoms with Crippen LogP contribution in [0.25, 0.3) is 0 Å². The van der Waals surface area contributed by atoms with Crippen LogP contribution >= 0.6 is 11.6 Å². The molecule has 2 amide bonds. The molecule has 0 bridgehead atoms. The minimum Gasteiger partial charge on any atom is -0.489 e. The minimum atomic E-state index is -0.605. The molecule has 0 radical (unpaired) electrons. The highest BCUT2D eigenvalue weighted by Gasteiger charge is 2.39. The standard InChI is InChI=1S/C31H23ClN2O5/c1-20-6-5-9-24(18-20)34-29(35)27(32)28(30(34)36)33-23-12-10-22(11-13-23)31(37)39-26-16-14-25(15-17-26)38-19-21-7-3-2-4-8-21/h2-18,33H,19H2,1H3. The highest BCUT2D eigenvalue weighted by molar-refractivity contribution is 6.53. The van der Waals surface area contributed by atoms with Gasteiger partial charge < -0.3 is 14.8 Å². The first-order chi connectivity index (χ1) is 18.9. The fourth-order valence-corrected chi connectivity index (χ4v) is 4.17. The van der Waals surface area contributed by atoms with Gasteiger partial charge in [0.05, 0.1) is 11.3 Å². The number of aryl methyl sites for hydroxylation is 1. The van der Waals surface area contributed by atoms with Crippen molar-refractivity contribution < 1.29 is 23.9 Å². The Balaban J connectivity index is 1.19. The molecule has 0 fully saturated rings. The number of benzene rings is 4. The Morgan fingerprint density at radius 3 is 2.21 bits per heavy atom. The van der Waals surface area contributed by atoms with E-state index in [1.807, 2.05) is 43.3 Å². The Labute approximate surface area is 230 Å². The van der Waals surface area contributed by atoms with Gasteiger partial charge in [0, 0.05) is 5.69 Å². The number of halogens is 1. The maximum absolute atomic E-state index is 13.0. The predicted molar refractivity (Wildman–Crippen MR) is 149 cm³/mol. The van der Waals surface area contributed by atoms with E-state index in [-0.39, 0.29) is 10.7 Å². The van der Waals surface area contributed by atoms with Crippen molar-refractivity contribution in [3.8, 4) is 11.5 Å². The number of esters is 1. The summed E-state index contributed by atoms with van der Waals surface area (Å²) in [5.41, 5.74) is 3.14. The largest absolute Gasteiger partial charge is 0.489 e. The molecule has 1 aliphatic rings. The number of carbonyl (C=O) groups excluding carboxylic acids is 3. The fourth-order valence-electron chi connectivity index (χ4n) is 3.96. The van der Waals surface area contributed by atoms with Crippen LogP contribution < -0.4 is 19.7 Å². The van der Waals surface area contributed by atoms with Crippen molar-refractivity contribution in [2.45, 2.75) is 13.5 Å². The van der Waals surface area contributed by atoms with Crippen LogP contribution in [0.1, 0.15) is 21.5 Å². The number of hydrogen-bond acceptors (Lipinski definition) is 6. The SMILES string of the molecule is Cc1cccc(N2C(=O)C(Cl)=C(Nc3ccc(C(=O)Oc4ccc(OCc5ccccc5)cc4)cc3)C2=O)c1. The number of anilines is 2. The van der Waals surface area contributed by atoms with E-state index >= 15 is 0 Å². The molecule has 194 valence electrons. The van der Waals surface area contributed by atoms with Crippen molar-refractivity contribution in [3.63, 3.8) is 0 Å². The molecule has 0 unspecified atom stereocenters. The van der Waals surface area contributed by atoms with Crippen molar-refractivity contribution in [1.82, 2.24) is 0 Å². The van der Waals surface area contributed by atoms with Gasteiger partial charge >= 0.3 is 5.97 Å². The van der Waals surface area contributed by atoms with Gasteiger partial charge in [-0.3, -0.25) is 9.59 Å². The van der Waals surface area contributed by atoms with Crippen molar-refractivity contribution in [1.29, 1.82) is 0 Å². The molecule has 0 saturated carbocycles. The fraction of sp³-hybridized carbons (Fsp3) is 0.0645. The number of ether oxygens (including phenoxy) is 2. The van der Waals surface area contributed by atoms with Crippen molar-refractivity contribution in [3.05, 3.63) is 131 Å². The highest BCUT2D eigenvalue weighted by Crippen LogP contribution is 2.30. The molecule has 0 aliphatic carbocycles. The van der Waals surface area contributed by atoms with Crippen LogP contribution in [0.4, 0.5) is 11.4 Å². The Kier molecular flexibility index (Phi) is 7.43. The number of nitrogens with zero attached hydrogens (tertiary/aromatic N) is 1. The number of carbonyl (C=O) groups is 3. The lowest BCUT2D eigenvalue weighted by Gasteiger charge is -2.15. The van der Waals surface area contributed by atoms with Gasteiger partial charge in [-0.15, -0.1) is 0 Å². The summed E-state index contributed by atoms with van der Waals surface area (Å²) in [4.78, 5) is 39.3. The Morgan fingerprint density at radius 1 is 0.821 bits per heavy atom. The third-order valence-corrected chi connectivity index (χ3v) is 6.31. The van der Waals surface area contributed by atoms with Crippen LogP contribution in [-0.4, -0.2) is 17.8 Å². The summed E-state index contributed by atoms with van der Waals surface area (Å²) in [6, 6.07) is 29.9. The molecule has 8 heteroatoms. The summed E-state index contributed by atoms with van der Waals surface area (Å²) in [7, 11) is 0. The van der Waals surface area contributed by atoms with Crippen molar-refractivity contribution >= 4 is 40.8 Å². The number of nitrogens with one attached hydrogen (secondary N) is 1. The van der Waals surface area contributed by atoms with Crippen molar-refractivity contribution in [2.75, 3.05) is 10.2 Å². The lowest BCUT2D eigenvalue weighted by Crippen LogP contribution is -2.32. The zero-order valence-corrected chi connectivity index (χ0v) is 21.6. The summed E-state index contributed by atoms with van der Waals surface area (Å²) in [6.45, 7) is 2.30. The van der Waals surface area contributed by atoms with Gasteiger partial charge in [-0.25, -0.2) is 9.69 Å². The Morgan fingerprint density at radius 2 is 1.51 bits per heavy atom. The van der Waals surface area contributed by atoms with Crippen LogP contribution in [0, 0.1) is 6.92 Å². The predicted octanol–water partition coefficient (Wildman–Crippen LogP) is 6.23. The van der Waals surface area contributed by atoms with E-state index in [9.17, 15) is 14.4 Å². The molecular formula is C31H23ClN2O5. The second-order valence-corrected chi connectivity index (χ2v) is 9.19. The molecular weight excluding hydrogens is 516 g/mol. The molecule has 1 N–H and O–H groups in total. The van der Waals surface area contributed by atoms with Crippen LogP contribution in [-0.2, 0) is 16.2 Å². The van der Waals surface area contributed by atoms with Crippen LogP contribution in [0.5, 0.6) is 11.5 Å². The molecule has 1 heterocycles. The first-order valence-corrected chi connectivity index (χ1v) is 12.5. The minimum absolute atomic E-state index is 0.0342. The van der Waals surface area contributed by atoms with Gasteiger partial charge in [0.15, 0.2) is 0 Å². The normalized spacial score (nSPS) is 13.0. The molecule has 5 rings (SSSR count). The third-order valence-electron chi connectivity index (χ3n) is 5.96. The molecule has 0 saturated heterocycles. The molecule has 1 aliphatic heterocycles. The number of hydrogen-bond donors (Lipinski definition) is 1. The van der Waals surface area contributed by atoms with E-state index in [0.29, 0.717) is 35.0 Å². The van der Waals surface area contributed by atoms with Crippen LogP contribution in [0.3, 0.4) is 0 Å². The number of amides is 2. The third kappa shape index (κ3) is 5.84. The summed E-state index contributed by atoms with van der Waals surface area (Å²) in [6.07, 6.45) is 0. The smallest absolute Gasteiger partial charge is 0.343 e. The molecule has 4 aromatic rings. The number of rotatable bonds is 8. The van der Waals surface area contributed by atoms with Gasteiger partial charge in [-0.2, -0.15) is 0 Å². The molecule has 0 atom stereocenters. The average Bonchev–Trinajstić information content (AvgIpc) is 3.16. The maximum atomic E-state index is 13.0. The first kappa shape index (κ1) is 25.8. The van der Waals surface area contributed by atoms with Gasteiger partial charge in [-0.05, 0) is 78.7 Å². The second-order valence-electron chi connectivity index (χ2n) is 8.81. The molecule has 7 nitrogen and oxygen atoms in total. The summed E-state index contributed by atoms with van der Waals surface area (Å²) in [5, 5.41) is 2.69. The lowest BCUT2D eigenvalue weighted by atomic mass is 10.2. The lowest BCUT2D eigenvalue weighted by molar-refractivity contribution is -0.120. The topological polar surface area (TPSA) is 84.9 Å². The summed E-state index contributed by atoms with van der Waals surface area (Å²) >= 11 is 6.21. The maximum Gasteiger partial charge on any atom is 0.343 e. The summed E-state index contributed by atoms with van der Waals surface area (Å²) in [5.74, 6) is -0.684. The Hall–Kier alpha value is -4.88. The van der Waals surface area contributed by atoms with Gasteiger partial charge in [0.1, 0.15) is 28.8 Å². The van der Waals surface area contributed by atoms with Gasteiger partial charge in [-0.1, -0.05) is 54.1 Å². The van der Waals surface area contributed by atoms with E-state index < -0.39 is 17.8 Å². The van der Waals surface area contributed by atoms with Crippen molar-refractivity contribution in [2.24, 2.45) is 0 Å². The molecule has 0 aromatic heterocycles. The first-order valence-electron chi connectivity index (χ1n) is 12.1. The van der Waals surface area contributed by atoms with Crippen LogP contribution in [0.2, 0.25) is 0 Å². The van der Waals surface area contributed by atoms with E-state index in [1.165, 1.54) is 0 Å². The van der Waals surface area contributed by atoms with Crippen LogP contribution in [0.15, 0.2) is 114 Å². The Bertz CT molecular complexity index is 1570. The second kappa shape index (κ2) is 11.2. The zero-order valence-electron chi connectivity index (χ0n) is 20.9. The highest BCUT2D eigenvalue weighted by atomic mass is 35.5. The van der Waals surface area contributed by atoms with E-state index in [0.717, 1.165) is 16.0 Å². The van der Waals surface area contributed by atoms with Gasteiger partial charge in [0.2, 0.25) is 0 Å². The molecule has 4 aromatic carbocycles. The molecule has 39 heavy (non-hydrogen) atoms. The quantitative estimate of drug-likeness (QED) is 0.163. The number of imide groups is 1. The van der Waals surface area contributed by atoms with E-state index in [4.69, 9.17) is 21.1 Å². The summed E-state index contributed by atoms with van der Waals surface area (Å²) < 4.78 is 11.2. The van der Waals surface area contributed by atoms with Gasteiger partial charge in [0.25, 0.3) is 11.8 Å². The average molecular weight is 539 g/mol. The van der Waals surface area contributed by atoms with E-state index in [1.54, 1.807) is 66.7 Å². The zero-order chi connectivity index (χ0) is 27.4.